The number of hydrogen-bond donors (Lipinski definition) is 0. The summed E-state index contributed by atoms with van der Waals surface area (Å²) in [6.45, 7) is 7.42. The molecule has 1 heterocycles. The SMILES string of the molecule is CC(C)CN(CCN(C)C)c1cccc(Cl)n1. The second kappa shape index (κ2) is 6.82. The molecule has 0 amide bonds. The summed E-state index contributed by atoms with van der Waals surface area (Å²) in [5, 5.41) is 0.557. The summed E-state index contributed by atoms with van der Waals surface area (Å²) < 4.78 is 0. The van der Waals surface area contributed by atoms with E-state index in [1.54, 1.807) is 0 Å². The van der Waals surface area contributed by atoms with E-state index in [0.29, 0.717) is 11.1 Å². The Kier molecular flexibility index (Phi) is 5.72. The molecule has 0 spiro atoms. The van der Waals surface area contributed by atoms with Crippen LogP contribution >= 0.6 is 11.6 Å². The van der Waals surface area contributed by atoms with Crippen molar-refractivity contribution in [3.63, 3.8) is 0 Å². The molecule has 1 rings (SSSR count). The summed E-state index contributed by atoms with van der Waals surface area (Å²) in [7, 11) is 4.16. The predicted molar refractivity (Wildman–Crippen MR) is 74.9 cm³/mol. The lowest BCUT2D eigenvalue weighted by Gasteiger charge is -2.27. The molecule has 3 nitrogen and oxygen atoms in total. The summed E-state index contributed by atoms with van der Waals surface area (Å²) in [6, 6.07) is 5.78. The van der Waals surface area contributed by atoms with Crippen molar-refractivity contribution in [1.82, 2.24) is 9.88 Å². The number of pyridine rings is 1. The monoisotopic (exact) mass is 255 g/mol. The molecule has 0 atom stereocenters. The molecule has 4 heteroatoms. The quantitative estimate of drug-likeness (QED) is 0.729. The highest BCUT2D eigenvalue weighted by molar-refractivity contribution is 6.29. The van der Waals surface area contributed by atoms with E-state index < -0.39 is 0 Å². The smallest absolute Gasteiger partial charge is 0.131 e. The molecule has 0 saturated heterocycles. The Morgan fingerprint density at radius 3 is 2.47 bits per heavy atom. The number of nitrogens with zero attached hydrogens (tertiary/aromatic N) is 3. The average molecular weight is 256 g/mol. The zero-order valence-electron chi connectivity index (χ0n) is 11.2. The Morgan fingerprint density at radius 1 is 1.24 bits per heavy atom. The highest BCUT2D eigenvalue weighted by Gasteiger charge is 2.10. The van der Waals surface area contributed by atoms with E-state index in [1.807, 2.05) is 18.2 Å². The number of halogens is 1. The maximum absolute atomic E-state index is 5.94. The molecule has 1 aromatic heterocycles. The lowest BCUT2D eigenvalue weighted by molar-refractivity contribution is 0.408. The fourth-order valence-corrected chi connectivity index (χ4v) is 1.79. The third-order valence-electron chi connectivity index (χ3n) is 2.43. The molecule has 1 aromatic rings. The normalized spacial score (nSPS) is 11.2. The largest absolute Gasteiger partial charge is 0.355 e. The molecule has 0 N–H and O–H groups in total. The maximum Gasteiger partial charge on any atom is 0.131 e. The summed E-state index contributed by atoms with van der Waals surface area (Å²) in [6.07, 6.45) is 0. The molecule has 0 aromatic carbocycles. The van der Waals surface area contributed by atoms with E-state index in [9.17, 15) is 0 Å². The third kappa shape index (κ3) is 5.37. The molecular weight excluding hydrogens is 234 g/mol. The number of likely N-dealkylation sites (N-methyl/N-ethyl adjacent to an activating group) is 1. The lowest BCUT2D eigenvalue weighted by Crippen LogP contribution is -2.34. The van der Waals surface area contributed by atoms with Crippen LogP contribution in [0.1, 0.15) is 13.8 Å². The molecule has 0 radical (unpaired) electrons. The van der Waals surface area contributed by atoms with Crippen LogP contribution in [0.2, 0.25) is 5.15 Å². The fourth-order valence-electron chi connectivity index (χ4n) is 1.63. The fraction of sp³-hybridized carbons (Fsp3) is 0.615. The van der Waals surface area contributed by atoms with Crippen LogP contribution < -0.4 is 4.90 Å². The molecule has 0 aliphatic heterocycles. The van der Waals surface area contributed by atoms with Gasteiger partial charge in [-0.15, -0.1) is 0 Å². The van der Waals surface area contributed by atoms with Gasteiger partial charge in [0, 0.05) is 19.6 Å². The molecule has 0 fully saturated rings. The minimum atomic E-state index is 0.557. The third-order valence-corrected chi connectivity index (χ3v) is 2.64. The number of aromatic nitrogens is 1. The molecule has 17 heavy (non-hydrogen) atoms. The summed E-state index contributed by atoms with van der Waals surface area (Å²) in [5.41, 5.74) is 0. The zero-order chi connectivity index (χ0) is 12.8. The van der Waals surface area contributed by atoms with Crippen molar-refractivity contribution in [3.8, 4) is 0 Å². The van der Waals surface area contributed by atoms with Crippen molar-refractivity contribution in [2.75, 3.05) is 38.6 Å². The molecule has 0 unspecified atom stereocenters. The Bertz CT molecular complexity index is 339. The van der Waals surface area contributed by atoms with E-state index in [1.165, 1.54) is 0 Å². The van der Waals surface area contributed by atoms with Crippen molar-refractivity contribution in [1.29, 1.82) is 0 Å². The average Bonchev–Trinajstić information content (AvgIpc) is 2.23. The Morgan fingerprint density at radius 2 is 1.94 bits per heavy atom. The van der Waals surface area contributed by atoms with Gasteiger partial charge in [0.05, 0.1) is 0 Å². The van der Waals surface area contributed by atoms with Gasteiger partial charge >= 0.3 is 0 Å². The van der Waals surface area contributed by atoms with Crippen molar-refractivity contribution < 1.29 is 0 Å². The summed E-state index contributed by atoms with van der Waals surface area (Å²) in [4.78, 5) is 8.84. The standard InChI is InChI=1S/C13H22ClN3/c1-11(2)10-17(9-8-16(3)4)13-7-5-6-12(14)15-13/h5-7,11H,8-10H2,1-4H3. The van der Waals surface area contributed by atoms with Gasteiger partial charge in [-0.25, -0.2) is 4.98 Å². The number of rotatable bonds is 6. The predicted octanol–water partition coefficient (Wildman–Crippen LogP) is 2.76. The number of anilines is 1. The van der Waals surface area contributed by atoms with Gasteiger partial charge in [0.15, 0.2) is 0 Å². The molecule has 0 saturated carbocycles. The minimum absolute atomic E-state index is 0.557. The van der Waals surface area contributed by atoms with E-state index in [0.717, 1.165) is 25.5 Å². The van der Waals surface area contributed by atoms with Gasteiger partial charge in [-0.05, 0) is 32.1 Å². The first-order valence-electron chi connectivity index (χ1n) is 6.01. The van der Waals surface area contributed by atoms with Crippen molar-refractivity contribution >= 4 is 17.4 Å². The minimum Gasteiger partial charge on any atom is -0.355 e. The van der Waals surface area contributed by atoms with Crippen molar-refractivity contribution in [2.24, 2.45) is 5.92 Å². The van der Waals surface area contributed by atoms with Gasteiger partial charge in [-0.2, -0.15) is 0 Å². The number of hydrogen-bond acceptors (Lipinski definition) is 3. The first kappa shape index (κ1) is 14.3. The van der Waals surface area contributed by atoms with Crippen LogP contribution in [0.15, 0.2) is 18.2 Å². The van der Waals surface area contributed by atoms with Gasteiger partial charge in [0.25, 0.3) is 0 Å². The Balaban J connectivity index is 2.74. The van der Waals surface area contributed by atoms with Crippen LogP contribution in [0.3, 0.4) is 0 Å². The Hall–Kier alpha value is -0.800. The molecule has 0 aliphatic carbocycles. The van der Waals surface area contributed by atoms with Crippen LogP contribution in [-0.2, 0) is 0 Å². The van der Waals surface area contributed by atoms with Crippen LogP contribution in [0, 0.1) is 5.92 Å². The highest BCUT2D eigenvalue weighted by Crippen LogP contribution is 2.15. The summed E-state index contributed by atoms with van der Waals surface area (Å²) >= 11 is 5.94. The maximum atomic E-state index is 5.94. The van der Waals surface area contributed by atoms with Gasteiger partial charge in [0.1, 0.15) is 11.0 Å². The van der Waals surface area contributed by atoms with Gasteiger partial charge < -0.3 is 9.80 Å². The van der Waals surface area contributed by atoms with E-state index in [-0.39, 0.29) is 0 Å². The van der Waals surface area contributed by atoms with Crippen LogP contribution in [0.5, 0.6) is 0 Å². The topological polar surface area (TPSA) is 19.4 Å². The Labute approximate surface area is 109 Å². The van der Waals surface area contributed by atoms with Crippen LogP contribution in [0.4, 0.5) is 5.82 Å². The van der Waals surface area contributed by atoms with Gasteiger partial charge in [-0.1, -0.05) is 31.5 Å². The second-order valence-corrected chi connectivity index (χ2v) is 5.35. The molecule has 0 aliphatic rings. The molecule has 96 valence electrons. The first-order valence-corrected chi connectivity index (χ1v) is 6.39. The zero-order valence-corrected chi connectivity index (χ0v) is 11.9. The lowest BCUT2D eigenvalue weighted by atomic mass is 10.2. The molecular formula is C13H22ClN3. The van der Waals surface area contributed by atoms with Gasteiger partial charge in [-0.3, -0.25) is 0 Å². The summed E-state index contributed by atoms with van der Waals surface area (Å²) in [5.74, 6) is 1.57. The van der Waals surface area contributed by atoms with E-state index >= 15 is 0 Å². The molecule has 0 bridgehead atoms. The highest BCUT2D eigenvalue weighted by atomic mass is 35.5. The van der Waals surface area contributed by atoms with Crippen LogP contribution in [-0.4, -0.2) is 43.6 Å². The van der Waals surface area contributed by atoms with Crippen LogP contribution in [0.25, 0.3) is 0 Å². The first-order chi connectivity index (χ1) is 7.99. The van der Waals surface area contributed by atoms with Crippen molar-refractivity contribution in [2.45, 2.75) is 13.8 Å². The van der Waals surface area contributed by atoms with Crippen molar-refractivity contribution in [3.05, 3.63) is 23.4 Å². The van der Waals surface area contributed by atoms with E-state index in [4.69, 9.17) is 11.6 Å². The van der Waals surface area contributed by atoms with Gasteiger partial charge in [0.2, 0.25) is 0 Å². The second-order valence-electron chi connectivity index (χ2n) is 4.96. The van der Waals surface area contributed by atoms with E-state index in [2.05, 4.69) is 42.7 Å².